The number of carbonyl (C=O) groups is 1. The van der Waals surface area contributed by atoms with E-state index in [1.165, 1.54) is 37.1 Å². The van der Waals surface area contributed by atoms with Crippen LogP contribution in [0.4, 0.5) is 4.39 Å². The Morgan fingerprint density at radius 1 is 1.32 bits per heavy atom. The summed E-state index contributed by atoms with van der Waals surface area (Å²) in [6, 6.07) is 5.93. The molecule has 1 aromatic carbocycles. The molecule has 0 saturated carbocycles. The van der Waals surface area contributed by atoms with E-state index in [9.17, 15) is 9.18 Å². The minimum absolute atomic E-state index is 0.0898. The number of nitrogens with zero attached hydrogens (tertiary/aromatic N) is 3. The van der Waals surface area contributed by atoms with Gasteiger partial charge in [-0.25, -0.2) is 14.4 Å². The van der Waals surface area contributed by atoms with Gasteiger partial charge in [0.1, 0.15) is 17.4 Å². The van der Waals surface area contributed by atoms with Gasteiger partial charge in [-0.2, -0.15) is 0 Å². The molecule has 3 heterocycles. The van der Waals surface area contributed by atoms with E-state index in [2.05, 4.69) is 10.3 Å². The van der Waals surface area contributed by atoms with Gasteiger partial charge < -0.3 is 15.0 Å². The van der Waals surface area contributed by atoms with Gasteiger partial charge in [-0.3, -0.25) is 4.79 Å². The Balaban J connectivity index is 1.40. The number of piperidine rings is 1. The molecule has 1 amide bonds. The van der Waals surface area contributed by atoms with Crippen LogP contribution in [0.5, 0.6) is 5.75 Å². The SMILES string of the molecule is C[C@@H](Oc1ccc(F)cc1)C(=O)N1CCc2nc([C@H]3CCCCN3)ncc2C1. The highest BCUT2D eigenvalue weighted by Gasteiger charge is 2.28. The molecular formula is C21H25FN4O2. The van der Waals surface area contributed by atoms with Crippen LogP contribution in [0, 0.1) is 5.82 Å². The van der Waals surface area contributed by atoms with Crippen molar-refractivity contribution in [1.82, 2.24) is 20.2 Å². The molecule has 2 atom stereocenters. The minimum atomic E-state index is -0.640. The van der Waals surface area contributed by atoms with Crippen molar-refractivity contribution in [3.8, 4) is 5.75 Å². The third kappa shape index (κ3) is 4.14. The first kappa shape index (κ1) is 18.8. The lowest BCUT2D eigenvalue weighted by Gasteiger charge is -2.31. The van der Waals surface area contributed by atoms with Crippen molar-refractivity contribution in [1.29, 1.82) is 0 Å². The van der Waals surface area contributed by atoms with Gasteiger partial charge >= 0.3 is 0 Å². The lowest BCUT2D eigenvalue weighted by atomic mass is 10.0. The standard InChI is InChI=1S/C21H25FN4O2/c1-14(28-17-7-5-16(22)6-8-17)21(27)26-11-9-18-15(13-26)12-24-20(25-18)19-4-2-3-10-23-19/h5-8,12,14,19,23H,2-4,9-11,13H2,1H3/t14-,19-/m1/s1. The number of fused-ring (bicyclic) bond motifs is 1. The van der Waals surface area contributed by atoms with Crippen LogP contribution in [0.1, 0.15) is 49.3 Å². The summed E-state index contributed by atoms with van der Waals surface area (Å²) in [6.45, 7) is 3.83. The van der Waals surface area contributed by atoms with E-state index >= 15 is 0 Å². The van der Waals surface area contributed by atoms with Gasteiger partial charge in [-0.15, -0.1) is 0 Å². The van der Waals surface area contributed by atoms with Gasteiger partial charge in [0.25, 0.3) is 5.91 Å². The van der Waals surface area contributed by atoms with Crippen molar-refractivity contribution in [2.75, 3.05) is 13.1 Å². The van der Waals surface area contributed by atoms with E-state index in [0.717, 1.165) is 30.0 Å². The average molecular weight is 384 g/mol. The third-order valence-corrected chi connectivity index (χ3v) is 5.36. The maximum atomic E-state index is 13.0. The molecular weight excluding hydrogens is 359 g/mol. The van der Waals surface area contributed by atoms with Gasteiger partial charge in [0.15, 0.2) is 6.10 Å². The minimum Gasteiger partial charge on any atom is -0.481 e. The van der Waals surface area contributed by atoms with Gasteiger partial charge in [0.2, 0.25) is 0 Å². The van der Waals surface area contributed by atoms with Crippen molar-refractivity contribution in [2.45, 2.75) is 51.3 Å². The molecule has 1 N–H and O–H groups in total. The molecule has 4 rings (SSSR count). The van der Waals surface area contributed by atoms with Gasteiger partial charge in [0.05, 0.1) is 11.7 Å². The molecule has 2 aliphatic rings. The van der Waals surface area contributed by atoms with Crippen LogP contribution in [0.2, 0.25) is 0 Å². The monoisotopic (exact) mass is 384 g/mol. The first-order valence-corrected chi connectivity index (χ1v) is 9.89. The summed E-state index contributed by atoms with van der Waals surface area (Å²) in [5, 5.41) is 3.48. The summed E-state index contributed by atoms with van der Waals surface area (Å²) in [5.74, 6) is 0.925. The van der Waals surface area contributed by atoms with E-state index in [-0.39, 0.29) is 17.8 Å². The number of aromatic nitrogens is 2. The Labute approximate surface area is 164 Å². The van der Waals surface area contributed by atoms with Crippen molar-refractivity contribution in [2.24, 2.45) is 0 Å². The maximum absolute atomic E-state index is 13.0. The number of amides is 1. The second kappa shape index (κ2) is 8.22. The molecule has 2 aromatic rings. The van der Waals surface area contributed by atoms with E-state index in [1.54, 1.807) is 11.8 Å². The lowest BCUT2D eigenvalue weighted by Crippen LogP contribution is -2.43. The molecule has 7 heteroatoms. The fraction of sp³-hybridized carbons (Fsp3) is 0.476. The molecule has 2 aliphatic heterocycles. The highest BCUT2D eigenvalue weighted by molar-refractivity contribution is 5.81. The average Bonchev–Trinajstić information content (AvgIpc) is 2.74. The molecule has 1 fully saturated rings. The number of halogens is 1. The summed E-state index contributed by atoms with van der Waals surface area (Å²) in [7, 11) is 0. The molecule has 1 saturated heterocycles. The molecule has 0 spiro atoms. The van der Waals surface area contributed by atoms with Crippen molar-refractivity contribution < 1.29 is 13.9 Å². The highest BCUT2D eigenvalue weighted by atomic mass is 19.1. The second-order valence-electron chi connectivity index (χ2n) is 7.43. The smallest absolute Gasteiger partial charge is 0.263 e. The summed E-state index contributed by atoms with van der Waals surface area (Å²) in [6.07, 6.45) is 5.41. The first-order chi connectivity index (χ1) is 13.6. The topological polar surface area (TPSA) is 67.3 Å². The van der Waals surface area contributed by atoms with E-state index < -0.39 is 6.10 Å². The zero-order valence-corrected chi connectivity index (χ0v) is 16.0. The zero-order chi connectivity index (χ0) is 19.5. The number of hydrogen-bond donors (Lipinski definition) is 1. The number of ether oxygens (including phenoxy) is 1. The summed E-state index contributed by atoms with van der Waals surface area (Å²) in [4.78, 5) is 23.9. The Hall–Kier alpha value is -2.54. The fourth-order valence-electron chi connectivity index (χ4n) is 3.78. The van der Waals surface area contributed by atoms with E-state index in [1.807, 2.05) is 6.20 Å². The number of benzene rings is 1. The van der Waals surface area contributed by atoms with Crippen LogP contribution in [-0.4, -0.2) is 40.0 Å². The lowest BCUT2D eigenvalue weighted by molar-refractivity contribution is -0.138. The van der Waals surface area contributed by atoms with E-state index in [4.69, 9.17) is 9.72 Å². The van der Waals surface area contributed by atoms with Crippen LogP contribution < -0.4 is 10.1 Å². The Kier molecular flexibility index (Phi) is 5.52. The molecule has 6 nitrogen and oxygen atoms in total. The maximum Gasteiger partial charge on any atom is 0.263 e. The predicted molar refractivity (Wildman–Crippen MR) is 102 cm³/mol. The third-order valence-electron chi connectivity index (χ3n) is 5.36. The number of nitrogens with one attached hydrogen (secondary N) is 1. The van der Waals surface area contributed by atoms with Crippen LogP contribution in [0.25, 0.3) is 0 Å². The second-order valence-corrected chi connectivity index (χ2v) is 7.43. The van der Waals surface area contributed by atoms with Crippen LogP contribution >= 0.6 is 0 Å². The van der Waals surface area contributed by atoms with E-state index in [0.29, 0.717) is 25.3 Å². The number of carbonyl (C=O) groups excluding carboxylic acids is 1. The molecule has 0 aliphatic carbocycles. The summed E-state index contributed by atoms with van der Waals surface area (Å²) >= 11 is 0. The van der Waals surface area contributed by atoms with Crippen molar-refractivity contribution >= 4 is 5.91 Å². The fourth-order valence-corrected chi connectivity index (χ4v) is 3.78. The molecule has 0 unspecified atom stereocenters. The number of hydrogen-bond acceptors (Lipinski definition) is 5. The van der Waals surface area contributed by atoms with Crippen LogP contribution in [-0.2, 0) is 17.8 Å². The molecule has 0 bridgehead atoms. The number of rotatable bonds is 4. The summed E-state index contributed by atoms with van der Waals surface area (Å²) in [5.41, 5.74) is 2.03. The molecule has 148 valence electrons. The molecule has 0 radical (unpaired) electrons. The van der Waals surface area contributed by atoms with Gasteiger partial charge in [-0.1, -0.05) is 6.42 Å². The molecule has 1 aromatic heterocycles. The predicted octanol–water partition coefficient (Wildman–Crippen LogP) is 2.78. The first-order valence-electron chi connectivity index (χ1n) is 9.89. The summed E-state index contributed by atoms with van der Waals surface area (Å²) < 4.78 is 18.7. The Morgan fingerprint density at radius 2 is 2.14 bits per heavy atom. The molecule has 28 heavy (non-hydrogen) atoms. The normalized spacial score (nSPS) is 20.4. The Bertz CT molecular complexity index is 837. The Morgan fingerprint density at radius 3 is 2.89 bits per heavy atom. The van der Waals surface area contributed by atoms with Crippen molar-refractivity contribution in [3.05, 3.63) is 53.4 Å². The van der Waals surface area contributed by atoms with Crippen LogP contribution in [0.15, 0.2) is 30.5 Å². The highest BCUT2D eigenvalue weighted by Crippen LogP contribution is 2.24. The zero-order valence-electron chi connectivity index (χ0n) is 16.0. The quantitative estimate of drug-likeness (QED) is 0.878. The van der Waals surface area contributed by atoms with Gasteiger partial charge in [0, 0.05) is 31.3 Å². The largest absolute Gasteiger partial charge is 0.481 e. The van der Waals surface area contributed by atoms with Crippen molar-refractivity contribution in [3.63, 3.8) is 0 Å². The van der Waals surface area contributed by atoms with Crippen LogP contribution in [0.3, 0.4) is 0 Å². The van der Waals surface area contributed by atoms with Gasteiger partial charge in [-0.05, 0) is 50.6 Å².